The van der Waals surface area contributed by atoms with Gasteiger partial charge in [0.2, 0.25) is 0 Å². The summed E-state index contributed by atoms with van der Waals surface area (Å²) >= 11 is 0.319. The van der Waals surface area contributed by atoms with Crippen LogP contribution in [0.1, 0.15) is 44.9 Å². The van der Waals surface area contributed by atoms with Crippen LogP contribution in [-0.2, 0) is 5.41 Å². The quantitative estimate of drug-likeness (QED) is 0.125. The Labute approximate surface area is 292 Å². The first-order valence-corrected chi connectivity index (χ1v) is 18.8. The molecule has 1 heterocycles. The number of hydrogen-bond acceptors (Lipinski definition) is 0. The second kappa shape index (κ2) is 11.3. The molecule has 1 unspecified atom stereocenters. The van der Waals surface area contributed by atoms with Crippen LogP contribution in [0.5, 0.6) is 0 Å². The van der Waals surface area contributed by atoms with Crippen LogP contribution in [0.2, 0.25) is 0 Å². The Morgan fingerprint density at radius 3 is 1.76 bits per heavy atom. The average Bonchev–Trinajstić information content (AvgIpc) is 3.70. The predicted molar refractivity (Wildman–Crippen MR) is 207 cm³/mol. The van der Waals surface area contributed by atoms with E-state index in [9.17, 15) is 0 Å². The van der Waals surface area contributed by atoms with E-state index in [1.807, 2.05) is 0 Å². The molecule has 0 radical (unpaired) electrons. The Kier molecular flexibility index (Phi) is 6.59. The van der Waals surface area contributed by atoms with Gasteiger partial charge in [0, 0.05) is 0 Å². The summed E-state index contributed by atoms with van der Waals surface area (Å²) in [6, 6.07) is 70.5. The summed E-state index contributed by atoms with van der Waals surface area (Å²) in [5.41, 5.74) is 11.4. The van der Waals surface area contributed by atoms with Crippen LogP contribution in [0, 0.1) is 0 Å². The van der Waals surface area contributed by atoms with Gasteiger partial charge in [0.05, 0.1) is 0 Å². The van der Waals surface area contributed by atoms with E-state index in [0.717, 1.165) is 0 Å². The molecule has 230 valence electrons. The predicted octanol–water partition coefficient (Wildman–Crippen LogP) is 11.7. The molecule has 0 spiro atoms. The zero-order valence-electron chi connectivity index (χ0n) is 26.9. The van der Waals surface area contributed by atoms with Crippen molar-refractivity contribution in [3.8, 4) is 11.1 Å². The van der Waals surface area contributed by atoms with E-state index in [2.05, 4.69) is 188 Å². The maximum atomic E-state index is 2.50. The molecular weight excluding hydrogens is 655 g/mol. The molecule has 0 fully saturated rings. The Morgan fingerprint density at radius 1 is 0.388 bits per heavy atom. The van der Waals surface area contributed by atoms with Crippen molar-refractivity contribution in [3.05, 3.63) is 227 Å². The molecule has 9 aromatic rings. The van der Waals surface area contributed by atoms with Crippen molar-refractivity contribution in [2.45, 2.75) is 11.3 Å². The van der Waals surface area contributed by atoms with E-state index in [4.69, 9.17) is 0 Å². The SMILES string of the molecule is c1ccc(C(c2cccc(C3(c4ccccc4)c4ccccc4-c4ccccc43)c2)c2ccc3c(ccc4c5ccccc5[se]c34)c2)cc1. The molecule has 1 aliphatic carbocycles. The van der Waals surface area contributed by atoms with Gasteiger partial charge in [0.25, 0.3) is 0 Å². The molecule has 1 heteroatoms. The van der Waals surface area contributed by atoms with Gasteiger partial charge in [0.1, 0.15) is 0 Å². The fourth-order valence-electron chi connectivity index (χ4n) is 8.60. The molecule has 0 saturated heterocycles. The summed E-state index contributed by atoms with van der Waals surface area (Å²) in [7, 11) is 0. The maximum absolute atomic E-state index is 2.50. The van der Waals surface area contributed by atoms with Gasteiger partial charge in [-0.25, -0.2) is 0 Å². The molecule has 49 heavy (non-hydrogen) atoms. The molecule has 0 amide bonds. The molecule has 0 N–H and O–H groups in total. The van der Waals surface area contributed by atoms with Crippen LogP contribution in [0.4, 0.5) is 0 Å². The van der Waals surface area contributed by atoms with E-state index in [1.165, 1.54) is 80.1 Å². The van der Waals surface area contributed by atoms with Crippen LogP contribution >= 0.6 is 0 Å². The minimum absolute atomic E-state index is 0.0845. The summed E-state index contributed by atoms with van der Waals surface area (Å²) in [6.45, 7) is 0. The normalized spacial score (nSPS) is 13.8. The third-order valence-electron chi connectivity index (χ3n) is 10.7. The standard InChI is InChI=1S/C48H32Se/c1-3-14-32(15-4-1)46(35-27-28-38-33(30-35)26-29-42-41-22-9-12-25-45(41)49-47(38)42)34-16-13-19-37(31-34)48(36-17-5-2-6-18-36)43-23-10-7-20-39(43)40-21-8-11-24-44(40)48/h1-31,46H. The zero-order valence-corrected chi connectivity index (χ0v) is 28.6. The van der Waals surface area contributed by atoms with Crippen molar-refractivity contribution in [3.63, 3.8) is 0 Å². The fraction of sp³-hybridized carbons (Fsp3) is 0.0417. The van der Waals surface area contributed by atoms with E-state index in [-0.39, 0.29) is 5.92 Å². The van der Waals surface area contributed by atoms with Crippen molar-refractivity contribution in [2.24, 2.45) is 0 Å². The third kappa shape index (κ3) is 4.30. The van der Waals surface area contributed by atoms with E-state index < -0.39 is 5.41 Å². The van der Waals surface area contributed by atoms with Crippen molar-refractivity contribution >= 4 is 44.6 Å². The Morgan fingerprint density at radius 2 is 0.980 bits per heavy atom. The van der Waals surface area contributed by atoms with Crippen molar-refractivity contribution < 1.29 is 0 Å². The third-order valence-corrected chi connectivity index (χ3v) is 13.2. The molecule has 0 nitrogen and oxygen atoms in total. The first-order chi connectivity index (χ1) is 24.3. The topological polar surface area (TPSA) is 0 Å². The Hall–Kier alpha value is -5.46. The van der Waals surface area contributed by atoms with Crippen LogP contribution in [0.25, 0.3) is 41.2 Å². The van der Waals surface area contributed by atoms with Gasteiger partial charge in [-0.3, -0.25) is 0 Å². The summed E-state index contributed by atoms with van der Waals surface area (Å²) in [5, 5.41) is 5.53. The molecule has 1 atom stereocenters. The van der Waals surface area contributed by atoms with Crippen LogP contribution < -0.4 is 0 Å². The van der Waals surface area contributed by atoms with Crippen LogP contribution in [0.15, 0.2) is 188 Å². The first kappa shape index (κ1) is 28.5. The van der Waals surface area contributed by atoms with Crippen molar-refractivity contribution in [1.29, 1.82) is 0 Å². The van der Waals surface area contributed by atoms with Gasteiger partial charge in [-0.2, -0.15) is 0 Å². The average molecular weight is 688 g/mol. The van der Waals surface area contributed by atoms with E-state index in [1.54, 1.807) is 0 Å². The van der Waals surface area contributed by atoms with Crippen molar-refractivity contribution in [2.75, 3.05) is 0 Å². The number of fused-ring (bicyclic) bond motifs is 8. The number of rotatable bonds is 5. The summed E-state index contributed by atoms with van der Waals surface area (Å²) in [4.78, 5) is 0. The van der Waals surface area contributed by atoms with E-state index in [0.29, 0.717) is 14.5 Å². The molecule has 8 aromatic carbocycles. The molecular formula is C48H32Se. The summed E-state index contributed by atoms with van der Waals surface area (Å²) in [6.07, 6.45) is 0. The van der Waals surface area contributed by atoms with Gasteiger partial charge in [-0.1, -0.05) is 54.6 Å². The minimum atomic E-state index is -0.424. The fourth-order valence-corrected chi connectivity index (χ4v) is 11.2. The van der Waals surface area contributed by atoms with Crippen molar-refractivity contribution in [1.82, 2.24) is 0 Å². The van der Waals surface area contributed by atoms with Crippen LogP contribution in [0.3, 0.4) is 0 Å². The first-order valence-electron chi connectivity index (χ1n) is 17.0. The molecule has 1 aliphatic rings. The molecule has 0 saturated carbocycles. The molecule has 10 rings (SSSR count). The van der Waals surface area contributed by atoms with Crippen LogP contribution in [-0.4, -0.2) is 14.5 Å². The Balaban J connectivity index is 1.20. The summed E-state index contributed by atoms with van der Waals surface area (Å²) < 4.78 is 3.00. The van der Waals surface area contributed by atoms with Gasteiger partial charge >= 0.3 is 239 Å². The zero-order chi connectivity index (χ0) is 32.4. The Bertz CT molecular complexity index is 2620. The summed E-state index contributed by atoms with van der Waals surface area (Å²) in [5.74, 6) is 0.0845. The van der Waals surface area contributed by atoms with E-state index >= 15 is 0 Å². The molecule has 0 bridgehead atoms. The molecule has 0 aliphatic heterocycles. The second-order valence-corrected chi connectivity index (χ2v) is 15.4. The van der Waals surface area contributed by atoms with Gasteiger partial charge < -0.3 is 0 Å². The second-order valence-electron chi connectivity index (χ2n) is 13.2. The monoisotopic (exact) mass is 688 g/mol. The van der Waals surface area contributed by atoms with Gasteiger partial charge in [0.15, 0.2) is 0 Å². The van der Waals surface area contributed by atoms with Gasteiger partial charge in [-0.15, -0.1) is 0 Å². The number of hydrogen-bond donors (Lipinski definition) is 0. The molecule has 1 aromatic heterocycles. The van der Waals surface area contributed by atoms with Gasteiger partial charge in [-0.05, 0) is 0 Å². The number of benzene rings is 8.